The standard InChI is InChI=1S/C16H19N3O2/c1-12-4-2-3-5-15(12)21-11-16(20)18-14-8-17-19(10-14)9-13-6-7-13/h2-5,8,10,13H,6-7,9,11H2,1H3,(H,18,20). The van der Waals surface area contributed by atoms with Crippen molar-refractivity contribution in [1.82, 2.24) is 9.78 Å². The largest absolute Gasteiger partial charge is 0.483 e. The van der Waals surface area contributed by atoms with Crippen molar-refractivity contribution in [1.29, 1.82) is 0 Å². The van der Waals surface area contributed by atoms with Crippen LogP contribution in [0.4, 0.5) is 5.69 Å². The summed E-state index contributed by atoms with van der Waals surface area (Å²) < 4.78 is 7.40. The Balaban J connectivity index is 1.49. The second kappa shape index (κ2) is 5.99. The first-order valence-corrected chi connectivity index (χ1v) is 7.21. The van der Waals surface area contributed by atoms with E-state index in [0.29, 0.717) is 5.69 Å². The van der Waals surface area contributed by atoms with Gasteiger partial charge in [-0.15, -0.1) is 0 Å². The third-order valence-electron chi connectivity index (χ3n) is 3.51. The van der Waals surface area contributed by atoms with E-state index in [0.717, 1.165) is 23.8 Å². The Morgan fingerprint density at radius 3 is 3.00 bits per heavy atom. The van der Waals surface area contributed by atoms with Gasteiger partial charge < -0.3 is 10.1 Å². The van der Waals surface area contributed by atoms with Crippen LogP contribution in [0.3, 0.4) is 0 Å². The van der Waals surface area contributed by atoms with Gasteiger partial charge >= 0.3 is 0 Å². The minimum atomic E-state index is -0.177. The van der Waals surface area contributed by atoms with E-state index in [2.05, 4.69) is 10.4 Å². The van der Waals surface area contributed by atoms with Gasteiger partial charge in [0, 0.05) is 12.7 Å². The zero-order chi connectivity index (χ0) is 14.7. The predicted molar refractivity (Wildman–Crippen MR) is 80.3 cm³/mol. The van der Waals surface area contributed by atoms with Crippen molar-refractivity contribution >= 4 is 11.6 Å². The number of carbonyl (C=O) groups is 1. The molecule has 0 aliphatic heterocycles. The number of benzene rings is 1. The molecule has 1 fully saturated rings. The molecule has 5 nitrogen and oxygen atoms in total. The van der Waals surface area contributed by atoms with Crippen molar-refractivity contribution in [2.45, 2.75) is 26.3 Å². The van der Waals surface area contributed by atoms with Gasteiger partial charge in [0.15, 0.2) is 6.61 Å². The number of para-hydroxylation sites is 1. The fourth-order valence-corrected chi connectivity index (χ4v) is 2.15. The summed E-state index contributed by atoms with van der Waals surface area (Å²) in [5.74, 6) is 1.32. The van der Waals surface area contributed by atoms with E-state index in [-0.39, 0.29) is 12.5 Å². The minimum absolute atomic E-state index is 0.00133. The number of hydrogen-bond acceptors (Lipinski definition) is 3. The molecular formula is C16H19N3O2. The molecule has 1 heterocycles. The van der Waals surface area contributed by atoms with Crippen LogP contribution in [0.1, 0.15) is 18.4 Å². The molecule has 0 bridgehead atoms. The van der Waals surface area contributed by atoms with Crippen LogP contribution in [0.5, 0.6) is 5.75 Å². The van der Waals surface area contributed by atoms with Crippen LogP contribution < -0.4 is 10.1 Å². The average Bonchev–Trinajstić information content (AvgIpc) is 3.17. The molecule has 110 valence electrons. The van der Waals surface area contributed by atoms with E-state index in [9.17, 15) is 4.79 Å². The maximum atomic E-state index is 11.9. The Hall–Kier alpha value is -2.30. The number of rotatable bonds is 6. The third kappa shape index (κ3) is 3.84. The van der Waals surface area contributed by atoms with Gasteiger partial charge in [0.1, 0.15) is 5.75 Å². The highest BCUT2D eigenvalue weighted by molar-refractivity contribution is 5.91. The number of aromatic nitrogens is 2. The molecule has 21 heavy (non-hydrogen) atoms. The SMILES string of the molecule is Cc1ccccc1OCC(=O)Nc1cnn(CC2CC2)c1. The number of hydrogen-bond donors (Lipinski definition) is 1. The number of aryl methyl sites for hydroxylation is 1. The molecule has 1 N–H and O–H groups in total. The van der Waals surface area contributed by atoms with Crippen LogP contribution in [-0.2, 0) is 11.3 Å². The molecule has 1 aromatic heterocycles. The number of ether oxygens (including phenoxy) is 1. The van der Waals surface area contributed by atoms with Crippen LogP contribution >= 0.6 is 0 Å². The maximum Gasteiger partial charge on any atom is 0.262 e. The van der Waals surface area contributed by atoms with Crippen LogP contribution in [0.25, 0.3) is 0 Å². The van der Waals surface area contributed by atoms with E-state index in [1.807, 2.05) is 42.1 Å². The quantitative estimate of drug-likeness (QED) is 0.887. The summed E-state index contributed by atoms with van der Waals surface area (Å²) in [4.78, 5) is 11.9. The first-order valence-electron chi connectivity index (χ1n) is 7.21. The van der Waals surface area contributed by atoms with Crippen molar-refractivity contribution < 1.29 is 9.53 Å². The molecular weight excluding hydrogens is 266 g/mol. The Morgan fingerprint density at radius 2 is 2.24 bits per heavy atom. The second-order valence-corrected chi connectivity index (χ2v) is 5.50. The van der Waals surface area contributed by atoms with Crippen molar-refractivity contribution in [3.05, 3.63) is 42.2 Å². The monoisotopic (exact) mass is 285 g/mol. The van der Waals surface area contributed by atoms with Gasteiger partial charge in [-0.25, -0.2) is 0 Å². The normalized spacial score (nSPS) is 14.0. The molecule has 0 saturated heterocycles. The van der Waals surface area contributed by atoms with Crippen molar-refractivity contribution in [3.63, 3.8) is 0 Å². The molecule has 1 aliphatic rings. The number of carbonyl (C=O) groups excluding carboxylic acids is 1. The van der Waals surface area contributed by atoms with Gasteiger partial charge in [0.25, 0.3) is 5.91 Å². The molecule has 1 saturated carbocycles. The van der Waals surface area contributed by atoms with Crippen molar-refractivity contribution in [2.24, 2.45) is 5.92 Å². The Kier molecular flexibility index (Phi) is 3.90. The lowest BCUT2D eigenvalue weighted by Crippen LogP contribution is -2.20. The lowest BCUT2D eigenvalue weighted by Gasteiger charge is -2.08. The molecule has 1 aliphatic carbocycles. The number of anilines is 1. The van der Waals surface area contributed by atoms with Crippen LogP contribution in [-0.4, -0.2) is 22.3 Å². The first-order chi connectivity index (χ1) is 10.2. The van der Waals surface area contributed by atoms with Crippen LogP contribution in [0.2, 0.25) is 0 Å². The third-order valence-corrected chi connectivity index (χ3v) is 3.51. The van der Waals surface area contributed by atoms with E-state index < -0.39 is 0 Å². The molecule has 1 aromatic carbocycles. The van der Waals surface area contributed by atoms with Gasteiger partial charge in [-0.1, -0.05) is 18.2 Å². The van der Waals surface area contributed by atoms with E-state index in [1.165, 1.54) is 12.8 Å². The zero-order valence-electron chi connectivity index (χ0n) is 12.1. The van der Waals surface area contributed by atoms with Crippen molar-refractivity contribution in [2.75, 3.05) is 11.9 Å². The topological polar surface area (TPSA) is 56.1 Å². The van der Waals surface area contributed by atoms with Crippen LogP contribution in [0, 0.1) is 12.8 Å². The van der Waals surface area contributed by atoms with Gasteiger partial charge in [0.05, 0.1) is 11.9 Å². The lowest BCUT2D eigenvalue weighted by atomic mass is 10.2. The summed E-state index contributed by atoms with van der Waals surface area (Å²) in [6.07, 6.45) is 6.11. The molecule has 5 heteroatoms. The number of nitrogens with zero attached hydrogens (tertiary/aromatic N) is 2. The summed E-state index contributed by atoms with van der Waals surface area (Å²) in [6, 6.07) is 7.64. The highest BCUT2D eigenvalue weighted by Gasteiger charge is 2.22. The highest BCUT2D eigenvalue weighted by Crippen LogP contribution is 2.30. The molecule has 0 unspecified atom stereocenters. The fourth-order valence-electron chi connectivity index (χ4n) is 2.15. The Labute approximate surface area is 123 Å². The molecule has 0 radical (unpaired) electrons. The Morgan fingerprint density at radius 1 is 1.43 bits per heavy atom. The van der Waals surface area contributed by atoms with Gasteiger partial charge in [-0.05, 0) is 37.3 Å². The highest BCUT2D eigenvalue weighted by atomic mass is 16.5. The fraction of sp³-hybridized carbons (Fsp3) is 0.375. The summed E-state index contributed by atoms with van der Waals surface area (Å²) in [5.41, 5.74) is 1.73. The average molecular weight is 285 g/mol. The molecule has 0 spiro atoms. The van der Waals surface area contributed by atoms with E-state index in [1.54, 1.807) is 6.20 Å². The molecule has 0 atom stereocenters. The summed E-state index contributed by atoms with van der Waals surface area (Å²) >= 11 is 0. The lowest BCUT2D eigenvalue weighted by molar-refractivity contribution is -0.118. The zero-order valence-corrected chi connectivity index (χ0v) is 12.1. The Bertz CT molecular complexity index is 632. The minimum Gasteiger partial charge on any atom is -0.483 e. The van der Waals surface area contributed by atoms with Gasteiger partial charge in [-0.3, -0.25) is 9.48 Å². The molecule has 2 aromatic rings. The van der Waals surface area contributed by atoms with Gasteiger partial charge in [-0.2, -0.15) is 5.10 Å². The number of nitrogens with one attached hydrogen (secondary N) is 1. The maximum absolute atomic E-state index is 11.9. The van der Waals surface area contributed by atoms with E-state index >= 15 is 0 Å². The smallest absolute Gasteiger partial charge is 0.262 e. The van der Waals surface area contributed by atoms with Crippen LogP contribution in [0.15, 0.2) is 36.7 Å². The van der Waals surface area contributed by atoms with Gasteiger partial charge in [0.2, 0.25) is 0 Å². The summed E-state index contributed by atoms with van der Waals surface area (Å²) in [6.45, 7) is 2.89. The van der Waals surface area contributed by atoms with Crippen molar-refractivity contribution in [3.8, 4) is 5.75 Å². The number of amides is 1. The molecule has 1 amide bonds. The second-order valence-electron chi connectivity index (χ2n) is 5.50. The summed E-state index contributed by atoms with van der Waals surface area (Å²) in [5, 5.41) is 7.04. The first kappa shape index (κ1) is 13.7. The van der Waals surface area contributed by atoms with E-state index in [4.69, 9.17) is 4.74 Å². The molecule has 3 rings (SSSR count). The predicted octanol–water partition coefficient (Wildman–Crippen LogP) is 2.62. The summed E-state index contributed by atoms with van der Waals surface area (Å²) in [7, 11) is 0.